The van der Waals surface area contributed by atoms with Gasteiger partial charge in [-0.3, -0.25) is 9.69 Å². The number of amides is 1. The van der Waals surface area contributed by atoms with Gasteiger partial charge in [-0.25, -0.2) is 16.8 Å². The molecule has 1 aromatic carbocycles. The van der Waals surface area contributed by atoms with Gasteiger partial charge in [-0.2, -0.15) is 4.31 Å². The van der Waals surface area contributed by atoms with Crippen molar-refractivity contribution in [2.75, 3.05) is 51.8 Å². The molecule has 0 spiro atoms. The van der Waals surface area contributed by atoms with Gasteiger partial charge in [-0.1, -0.05) is 0 Å². The van der Waals surface area contributed by atoms with Gasteiger partial charge in [0.25, 0.3) is 5.91 Å². The van der Waals surface area contributed by atoms with E-state index in [1.165, 1.54) is 29.7 Å². The zero-order valence-electron chi connectivity index (χ0n) is 16.8. The van der Waals surface area contributed by atoms with Crippen LogP contribution in [0.5, 0.6) is 0 Å². The molecule has 0 saturated carbocycles. The average Bonchev–Trinajstić information content (AvgIpc) is 2.65. The summed E-state index contributed by atoms with van der Waals surface area (Å²) in [5, 5.41) is 0. The highest BCUT2D eigenvalue weighted by Crippen LogP contribution is 2.18. The van der Waals surface area contributed by atoms with Gasteiger partial charge in [0.1, 0.15) is 9.84 Å². The average molecular weight is 432 g/mol. The van der Waals surface area contributed by atoms with Crippen molar-refractivity contribution in [2.24, 2.45) is 0 Å². The lowest BCUT2D eigenvalue weighted by Gasteiger charge is -2.34. The molecule has 0 aliphatic carbocycles. The molecule has 0 N–H and O–H groups in total. The summed E-state index contributed by atoms with van der Waals surface area (Å²) in [6, 6.07) is 5.84. The van der Waals surface area contributed by atoms with Crippen molar-refractivity contribution >= 4 is 25.8 Å². The van der Waals surface area contributed by atoms with Crippen LogP contribution in [0.1, 0.15) is 24.2 Å². The van der Waals surface area contributed by atoms with E-state index in [9.17, 15) is 21.6 Å². The molecule has 10 heteroatoms. The van der Waals surface area contributed by atoms with Crippen molar-refractivity contribution in [1.29, 1.82) is 0 Å². The van der Waals surface area contributed by atoms with Gasteiger partial charge in [-0.15, -0.1) is 0 Å². The lowest BCUT2D eigenvalue weighted by Crippen LogP contribution is -2.49. The van der Waals surface area contributed by atoms with Crippen LogP contribution < -0.4 is 0 Å². The highest BCUT2D eigenvalue weighted by Gasteiger charge is 2.25. The molecule has 1 aliphatic heterocycles. The summed E-state index contributed by atoms with van der Waals surface area (Å²) >= 11 is 0. The number of benzene rings is 1. The second-order valence-corrected chi connectivity index (χ2v) is 11.7. The minimum Gasteiger partial charge on any atom is -0.336 e. The molecular weight excluding hydrogens is 402 g/mol. The van der Waals surface area contributed by atoms with Gasteiger partial charge in [0.2, 0.25) is 10.0 Å². The Bertz CT molecular complexity index is 888. The number of sulfonamides is 1. The van der Waals surface area contributed by atoms with Crippen LogP contribution in [0.15, 0.2) is 29.2 Å². The van der Waals surface area contributed by atoms with Crippen molar-refractivity contribution in [3.8, 4) is 0 Å². The summed E-state index contributed by atoms with van der Waals surface area (Å²) in [7, 11) is -5.05. The van der Waals surface area contributed by atoms with E-state index in [-0.39, 0.29) is 22.6 Å². The molecule has 8 nitrogen and oxygen atoms in total. The number of rotatable bonds is 7. The van der Waals surface area contributed by atoms with Crippen LogP contribution >= 0.6 is 0 Å². The minimum absolute atomic E-state index is 0.113. The molecule has 0 radical (unpaired) electrons. The first-order valence-electron chi connectivity index (χ1n) is 9.19. The molecule has 1 aliphatic rings. The maximum Gasteiger partial charge on any atom is 0.253 e. The number of hydrogen-bond acceptors (Lipinski definition) is 6. The van der Waals surface area contributed by atoms with E-state index in [2.05, 4.69) is 0 Å². The summed E-state index contributed by atoms with van der Waals surface area (Å²) in [6.45, 7) is 6.32. The van der Waals surface area contributed by atoms with E-state index in [1.807, 2.05) is 4.90 Å². The zero-order chi connectivity index (χ0) is 21.1. The Morgan fingerprint density at radius 1 is 1.04 bits per heavy atom. The Morgan fingerprint density at radius 3 is 2.04 bits per heavy atom. The summed E-state index contributed by atoms with van der Waals surface area (Å²) in [5.74, 6) is -0.0363. The molecular formula is C18H29N3O5S2. The molecule has 1 saturated heterocycles. The first kappa shape index (κ1) is 22.8. The van der Waals surface area contributed by atoms with Crippen LogP contribution in [0.4, 0.5) is 0 Å². The molecule has 1 amide bonds. The van der Waals surface area contributed by atoms with Gasteiger partial charge in [0, 0.05) is 57.6 Å². The number of nitrogens with zero attached hydrogens (tertiary/aromatic N) is 3. The minimum atomic E-state index is -3.58. The second kappa shape index (κ2) is 8.89. The predicted octanol–water partition coefficient (Wildman–Crippen LogP) is 0.518. The summed E-state index contributed by atoms with van der Waals surface area (Å²) in [6.07, 6.45) is 1.22. The Labute approximate surface area is 168 Å². The number of hydrogen-bond donors (Lipinski definition) is 0. The van der Waals surface area contributed by atoms with Crippen LogP contribution in [0, 0.1) is 0 Å². The predicted molar refractivity (Wildman–Crippen MR) is 109 cm³/mol. The van der Waals surface area contributed by atoms with Gasteiger partial charge < -0.3 is 4.90 Å². The van der Waals surface area contributed by atoms with E-state index in [0.29, 0.717) is 38.3 Å². The monoisotopic (exact) mass is 431 g/mol. The number of carbonyl (C=O) groups excluding carboxylic acids is 1. The first-order chi connectivity index (χ1) is 12.9. The Morgan fingerprint density at radius 2 is 1.57 bits per heavy atom. The third kappa shape index (κ3) is 5.76. The van der Waals surface area contributed by atoms with Crippen molar-refractivity contribution in [2.45, 2.75) is 24.8 Å². The fourth-order valence-electron chi connectivity index (χ4n) is 2.87. The van der Waals surface area contributed by atoms with E-state index in [0.717, 1.165) is 0 Å². The van der Waals surface area contributed by atoms with Crippen LogP contribution in [0.2, 0.25) is 0 Å². The largest absolute Gasteiger partial charge is 0.336 e. The number of carbonyl (C=O) groups is 1. The highest BCUT2D eigenvalue weighted by molar-refractivity contribution is 7.90. The molecule has 0 aromatic heterocycles. The third-order valence-electron chi connectivity index (χ3n) is 4.94. The van der Waals surface area contributed by atoms with Crippen LogP contribution in [0.25, 0.3) is 0 Å². The zero-order valence-corrected chi connectivity index (χ0v) is 18.5. The maximum atomic E-state index is 12.7. The van der Waals surface area contributed by atoms with Gasteiger partial charge >= 0.3 is 0 Å². The lowest BCUT2D eigenvalue weighted by atomic mass is 10.2. The van der Waals surface area contributed by atoms with Crippen molar-refractivity contribution in [3.63, 3.8) is 0 Å². The summed E-state index contributed by atoms with van der Waals surface area (Å²) in [4.78, 5) is 16.6. The smallest absolute Gasteiger partial charge is 0.253 e. The topological polar surface area (TPSA) is 95.1 Å². The van der Waals surface area contributed by atoms with Gasteiger partial charge in [-0.05, 0) is 38.1 Å². The quantitative estimate of drug-likeness (QED) is 0.625. The van der Waals surface area contributed by atoms with Crippen molar-refractivity contribution in [3.05, 3.63) is 29.8 Å². The van der Waals surface area contributed by atoms with Crippen LogP contribution in [-0.2, 0) is 19.9 Å². The molecule has 0 bridgehead atoms. The van der Waals surface area contributed by atoms with Crippen LogP contribution in [-0.4, -0.2) is 94.7 Å². The normalized spacial score (nSPS) is 16.7. The van der Waals surface area contributed by atoms with E-state index >= 15 is 0 Å². The molecule has 2 rings (SSSR count). The molecule has 158 valence electrons. The number of sulfone groups is 1. The standard InChI is InChI=1S/C18H29N3O5S2/c1-15(2)19(3)28(25,26)17-7-5-16(6-8-17)18(22)21-11-9-20(10-12-21)13-14-27(4,23)24/h5-8,15H,9-14H2,1-4H3. The lowest BCUT2D eigenvalue weighted by molar-refractivity contribution is 0.0644. The fraction of sp³-hybridized carbons (Fsp3) is 0.611. The van der Waals surface area contributed by atoms with Crippen molar-refractivity contribution < 1.29 is 21.6 Å². The first-order valence-corrected chi connectivity index (χ1v) is 12.7. The van der Waals surface area contributed by atoms with Crippen LogP contribution in [0.3, 0.4) is 0 Å². The Balaban J connectivity index is 1.99. The van der Waals surface area contributed by atoms with Gasteiger partial charge in [0.15, 0.2) is 0 Å². The fourth-order valence-corrected chi connectivity index (χ4v) is 4.82. The Hall–Kier alpha value is -1.49. The molecule has 0 atom stereocenters. The summed E-state index contributed by atoms with van der Waals surface area (Å²) in [5.41, 5.74) is 0.440. The molecule has 28 heavy (non-hydrogen) atoms. The summed E-state index contributed by atoms with van der Waals surface area (Å²) < 4.78 is 48.8. The third-order valence-corrected chi connectivity index (χ3v) is 7.92. The second-order valence-electron chi connectivity index (χ2n) is 7.40. The van der Waals surface area contributed by atoms with Gasteiger partial charge in [0.05, 0.1) is 10.6 Å². The van der Waals surface area contributed by atoms with Crippen molar-refractivity contribution in [1.82, 2.24) is 14.1 Å². The highest BCUT2D eigenvalue weighted by atomic mass is 32.2. The molecule has 1 aromatic rings. The molecule has 1 fully saturated rings. The molecule has 1 heterocycles. The number of piperazine rings is 1. The maximum absolute atomic E-state index is 12.7. The SMILES string of the molecule is CC(C)N(C)S(=O)(=O)c1ccc(C(=O)N2CCN(CCS(C)(=O)=O)CC2)cc1. The van der Waals surface area contributed by atoms with E-state index in [1.54, 1.807) is 30.9 Å². The Kier molecular flexibility index (Phi) is 7.24. The molecule has 0 unspecified atom stereocenters. The van der Waals surface area contributed by atoms with E-state index in [4.69, 9.17) is 0 Å². The van der Waals surface area contributed by atoms with E-state index < -0.39 is 19.9 Å².